The zero-order valence-electron chi connectivity index (χ0n) is 15.7. The van der Waals surface area contributed by atoms with Gasteiger partial charge < -0.3 is 20.5 Å². The number of H-pyrrole nitrogens is 1. The van der Waals surface area contributed by atoms with Gasteiger partial charge in [-0.25, -0.2) is 9.78 Å². The number of carbonyl (C=O) groups excluding carboxylic acids is 2. The standard InChI is InChI=1S/C18H24N6O3/c1-18(2,3)27-17(26)24-9-7-11(8-10-24)15-20-13-6-4-5-12(14(13)21-15)16(25)22-23-19/h4-6,11H,7-10H2,1-3H3,(H,20,21)(H2,19,22,25). The molecule has 0 atom stereocenters. The number of ether oxygens (including phenoxy) is 1. The van der Waals surface area contributed by atoms with E-state index < -0.39 is 11.5 Å². The maximum Gasteiger partial charge on any atom is 0.410 e. The van der Waals surface area contributed by atoms with E-state index in [2.05, 4.69) is 20.3 Å². The molecule has 3 N–H and O–H groups in total. The molecule has 2 aromatic rings. The van der Waals surface area contributed by atoms with Crippen molar-refractivity contribution in [3.63, 3.8) is 0 Å². The Labute approximate surface area is 157 Å². The van der Waals surface area contributed by atoms with Crippen molar-refractivity contribution in [3.05, 3.63) is 29.6 Å². The van der Waals surface area contributed by atoms with Gasteiger partial charge in [-0.05, 0) is 45.7 Å². The van der Waals surface area contributed by atoms with E-state index >= 15 is 0 Å². The number of amides is 2. The fourth-order valence-electron chi connectivity index (χ4n) is 3.19. The Balaban J connectivity index is 1.73. The molecule has 1 aliphatic heterocycles. The number of nitrogens with zero attached hydrogens (tertiary/aromatic N) is 4. The first-order valence-electron chi connectivity index (χ1n) is 8.90. The molecular weight excluding hydrogens is 348 g/mol. The number of hydrogen-bond donors (Lipinski definition) is 2. The van der Waals surface area contributed by atoms with Gasteiger partial charge in [0.05, 0.1) is 11.1 Å². The molecule has 27 heavy (non-hydrogen) atoms. The third-order valence-corrected chi connectivity index (χ3v) is 4.44. The summed E-state index contributed by atoms with van der Waals surface area (Å²) in [6.45, 7) is 6.77. The molecule has 0 saturated carbocycles. The van der Waals surface area contributed by atoms with Crippen LogP contribution in [0, 0.1) is 0 Å². The Hall–Kier alpha value is -2.97. The summed E-state index contributed by atoms with van der Waals surface area (Å²) >= 11 is 0. The van der Waals surface area contributed by atoms with Crippen LogP contribution in [0.15, 0.2) is 28.5 Å². The molecule has 144 valence electrons. The number of benzene rings is 1. The molecule has 1 aliphatic rings. The van der Waals surface area contributed by atoms with Crippen LogP contribution >= 0.6 is 0 Å². The largest absolute Gasteiger partial charge is 0.444 e. The average Bonchev–Trinajstić information content (AvgIpc) is 3.04. The molecule has 0 spiro atoms. The zero-order chi connectivity index (χ0) is 19.6. The fourth-order valence-corrected chi connectivity index (χ4v) is 3.19. The number of carbonyl (C=O) groups is 2. The molecule has 1 saturated heterocycles. The monoisotopic (exact) mass is 372 g/mol. The Bertz CT molecular complexity index is 875. The summed E-state index contributed by atoms with van der Waals surface area (Å²) in [5.41, 5.74) is 1.17. The highest BCUT2D eigenvalue weighted by Gasteiger charge is 2.29. The van der Waals surface area contributed by atoms with E-state index in [0.717, 1.165) is 24.2 Å². The second kappa shape index (κ2) is 7.34. The van der Waals surface area contributed by atoms with Crippen molar-refractivity contribution in [2.45, 2.75) is 45.1 Å². The number of piperidine rings is 1. The van der Waals surface area contributed by atoms with E-state index in [1.54, 1.807) is 17.0 Å². The number of nitrogens with one attached hydrogen (secondary N) is 1. The summed E-state index contributed by atoms with van der Waals surface area (Å²) in [5.74, 6) is 5.43. The van der Waals surface area contributed by atoms with Gasteiger partial charge in [-0.1, -0.05) is 16.4 Å². The van der Waals surface area contributed by atoms with Crippen molar-refractivity contribution < 1.29 is 14.3 Å². The van der Waals surface area contributed by atoms with Gasteiger partial charge in [0.2, 0.25) is 0 Å². The van der Waals surface area contributed by atoms with Crippen LogP contribution < -0.4 is 5.84 Å². The van der Waals surface area contributed by atoms with Gasteiger partial charge in [0.15, 0.2) is 0 Å². The minimum atomic E-state index is -0.527. The van der Waals surface area contributed by atoms with Gasteiger partial charge in [-0.2, -0.15) is 0 Å². The third kappa shape index (κ3) is 4.24. The molecule has 2 amide bonds. The SMILES string of the molecule is CC(C)(C)OC(=O)N1CCC(c2nc3c(C(=O)N=NN)cccc3[nH]2)CC1. The lowest BCUT2D eigenvalue weighted by atomic mass is 9.96. The van der Waals surface area contributed by atoms with Crippen LogP contribution in [0.2, 0.25) is 0 Å². The second-order valence-corrected chi connectivity index (χ2v) is 7.59. The molecule has 1 aromatic heterocycles. The summed E-state index contributed by atoms with van der Waals surface area (Å²) in [6.07, 6.45) is 1.25. The first-order valence-corrected chi connectivity index (χ1v) is 8.90. The van der Waals surface area contributed by atoms with Gasteiger partial charge >= 0.3 is 6.09 Å². The van der Waals surface area contributed by atoms with Gasteiger partial charge in [0.25, 0.3) is 5.91 Å². The van der Waals surface area contributed by atoms with Crippen molar-refractivity contribution in [1.29, 1.82) is 0 Å². The Morgan fingerprint density at radius 3 is 2.63 bits per heavy atom. The summed E-state index contributed by atoms with van der Waals surface area (Å²) in [6, 6.07) is 5.27. The third-order valence-electron chi connectivity index (χ3n) is 4.44. The van der Waals surface area contributed by atoms with E-state index in [-0.39, 0.29) is 12.0 Å². The Kier molecular flexibility index (Phi) is 5.11. The van der Waals surface area contributed by atoms with E-state index in [9.17, 15) is 9.59 Å². The molecule has 3 rings (SSSR count). The van der Waals surface area contributed by atoms with Gasteiger partial charge in [0, 0.05) is 19.0 Å². The molecule has 2 heterocycles. The van der Waals surface area contributed by atoms with Crippen LogP contribution in [-0.2, 0) is 4.74 Å². The summed E-state index contributed by atoms with van der Waals surface area (Å²) in [7, 11) is 0. The molecule has 0 radical (unpaired) electrons. The van der Waals surface area contributed by atoms with E-state index in [4.69, 9.17) is 10.6 Å². The Morgan fingerprint density at radius 2 is 2.00 bits per heavy atom. The van der Waals surface area contributed by atoms with Crippen molar-refractivity contribution in [1.82, 2.24) is 14.9 Å². The molecule has 1 aromatic carbocycles. The van der Waals surface area contributed by atoms with Crippen LogP contribution in [-0.4, -0.2) is 45.6 Å². The van der Waals surface area contributed by atoms with Crippen LogP contribution in [0.1, 0.15) is 55.7 Å². The van der Waals surface area contributed by atoms with Crippen molar-refractivity contribution in [3.8, 4) is 0 Å². The molecule has 0 bridgehead atoms. The number of imidazole rings is 1. The van der Waals surface area contributed by atoms with Crippen LogP contribution in [0.3, 0.4) is 0 Å². The molecule has 9 nitrogen and oxygen atoms in total. The number of hydrogen-bond acceptors (Lipinski definition) is 5. The number of fused-ring (bicyclic) bond motifs is 1. The molecule has 9 heteroatoms. The van der Waals surface area contributed by atoms with Gasteiger partial charge in [-0.15, -0.1) is 0 Å². The van der Waals surface area contributed by atoms with E-state index in [1.807, 2.05) is 26.8 Å². The minimum Gasteiger partial charge on any atom is -0.444 e. The van der Waals surface area contributed by atoms with Crippen LogP contribution in [0.4, 0.5) is 4.79 Å². The highest BCUT2D eigenvalue weighted by atomic mass is 16.6. The summed E-state index contributed by atoms with van der Waals surface area (Å²) < 4.78 is 5.43. The summed E-state index contributed by atoms with van der Waals surface area (Å²) in [5, 5.41) is 6.43. The fraction of sp³-hybridized carbons (Fsp3) is 0.500. The predicted molar refractivity (Wildman–Crippen MR) is 99.2 cm³/mol. The van der Waals surface area contributed by atoms with Crippen molar-refractivity contribution in [2.24, 2.45) is 16.2 Å². The number of rotatable bonds is 2. The normalized spacial score (nSPS) is 16.2. The van der Waals surface area contributed by atoms with Gasteiger partial charge in [0.1, 0.15) is 16.9 Å². The minimum absolute atomic E-state index is 0.176. The lowest BCUT2D eigenvalue weighted by Crippen LogP contribution is -2.41. The average molecular weight is 372 g/mol. The Morgan fingerprint density at radius 1 is 1.30 bits per heavy atom. The topological polar surface area (TPSA) is 126 Å². The molecular formula is C18H24N6O3. The van der Waals surface area contributed by atoms with Crippen LogP contribution in [0.5, 0.6) is 0 Å². The number of nitrogens with two attached hydrogens (primary N) is 1. The van der Waals surface area contributed by atoms with Crippen LogP contribution in [0.25, 0.3) is 11.0 Å². The first-order chi connectivity index (χ1) is 12.8. The quantitative estimate of drug-likeness (QED) is 0.476. The highest BCUT2D eigenvalue weighted by molar-refractivity contribution is 6.05. The lowest BCUT2D eigenvalue weighted by Gasteiger charge is -2.32. The molecule has 1 fully saturated rings. The summed E-state index contributed by atoms with van der Waals surface area (Å²) in [4.78, 5) is 33.8. The molecule has 0 unspecified atom stereocenters. The zero-order valence-corrected chi connectivity index (χ0v) is 15.7. The number of likely N-dealkylation sites (tertiary alicyclic amines) is 1. The van der Waals surface area contributed by atoms with Crippen molar-refractivity contribution >= 4 is 23.0 Å². The number of para-hydroxylation sites is 1. The first kappa shape index (κ1) is 18.8. The van der Waals surface area contributed by atoms with E-state index in [0.29, 0.717) is 24.2 Å². The van der Waals surface area contributed by atoms with Gasteiger partial charge in [-0.3, -0.25) is 4.79 Å². The number of aromatic amines is 1. The molecule has 0 aliphatic carbocycles. The maximum atomic E-state index is 12.2. The predicted octanol–water partition coefficient (Wildman–Crippen LogP) is 3.14. The lowest BCUT2D eigenvalue weighted by molar-refractivity contribution is 0.0203. The number of aromatic nitrogens is 2. The van der Waals surface area contributed by atoms with E-state index in [1.165, 1.54) is 0 Å². The smallest absolute Gasteiger partial charge is 0.410 e. The highest BCUT2D eigenvalue weighted by Crippen LogP contribution is 2.29. The van der Waals surface area contributed by atoms with Crippen molar-refractivity contribution in [2.75, 3.05) is 13.1 Å². The second-order valence-electron chi connectivity index (χ2n) is 7.59. The maximum absolute atomic E-state index is 12.2.